The van der Waals surface area contributed by atoms with Crippen LogP contribution in [0, 0.1) is 20.8 Å². The summed E-state index contributed by atoms with van der Waals surface area (Å²) in [5, 5.41) is 4.56. The van der Waals surface area contributed by atoms with Gasteiger partial charge < -0.3 is 9.64 Å². The van der Waals surface area contributed by atoms with Crippen LogP contribution in [0.3, 0.4) is 0 Å². The Labute approximate surface area is 193 Å². The van der Waals surface area contributed by atoms with Gasteiger partial charge in [-0.3, -0.25) is 9.78 Å². The average molecular weight is 442 g/mol. The van der Waals surface area contributed by atoms with Crippen molar-refractivity contribution >= 4 is 11.6 Å². The van der Waals surface area contributed by atoms with E-state index in [1.54, 1.807) is 17.7 Å². The van der Waals surface area contributed by atoms with Crippen molar-refractivity contribution in [2.24, 2.45) is 0 Å². The van der Waals surface area contributed by atoms with Crippen molar-refractivity contribution in [3.63, 3.8) is 0 Å². The molecule has 1 atom stereocenters. The zero-order chi connectivity index (χ0) is 23.1. The number of carbonyl (C=O) groups is 1. The maximum absolute atomic E-state index is 13.5. The maximum Gasteiger partial charge on any atom is 0.275 e. The highest BCUT2D eigenvalue weighted by molar-refractivity contribution is 5.93. The van der Waals surface area contributed by atoms with Gasteiger partial charge in [0.1, 0.15) is 5.75 Å². The summed E-state index contributed by atoms with van der Waals surface area (Å²) < 4.78 is 7.02. The van der Waals surface area contributed by atoms with E-state index in [2.05, 4.69) is 22.2 Å². The molecule has 168 valence electrons. The lowest BCUT2D eigenvalue weighted by atomic mass is 10.0. The fourth-order valence-corrected chi connectivity index (χ4v) is 4.67. The summed E-state index contributed by atoms with van der Waals surface area (Å²) >= 11 is 0. The number of pyridine rings is 1. The number of likely N-dealkylation sites (tertiary alicyclic amines) is 1. The number of benzene rings is 1. The van der Waals surface area contributed by atoms with Crippen LogP contribution >= 0.6 is 0 Å². The Morgan fingerprint density at radius 1 is 0.970 bits per heavy atom. The molecule has 0 spiro atoms. The molecule has 1 aromatic carbocycles. The first-order chi connectivity index (χ1) is 15.9. The van der Waals surface area contributed by atoms with Crippen LogP contribution in [-0.2, 0) is 0 Å². The second-order valence-corrected chi connectivity index (χ2v) is 8.65. The monoisotopic (exact) mass is 441 g/mol. The molecular weight excluding hydrogens is 414 g/mol. The molecule has 33 heavy (non-hydrogen) atoms. The van der Waals surface area contributed by atoms with Crippen molar-refractivity contribution in [1.82, 2.24) is 24.5 Å². The summed E-state index contributed by atoms with van der Waals surface area (Å²) in [5.74, 6) is 0.749. The van der Waals surface area contributed by atoms with Crippen molar-refractivity contribution in [2.75, 3.05) is 13.7 Å². The van der Waals surface area contributed by atoms with Crippen LogP contribution in [0.1, 0.15) is 52.1 Å². The van der Waals surface area contributed by atoms with Crippen molar-refractivity contribution in [3.05, 3.63) is 77.0 Å². The molecule has 0 N–H and O–H groups in total. The summed E-state index contributed by atoms with van der Waals surface area (Å²) in [4.78, 5) is 24.7. The van der Waals surface area contributed by atoms with E-state index in [1.165, 1.54) is 0 Å². The number of amides is 1. The van der Waals surface area contributed by atoms with Gasteiger partial charge in [-0.25, -0.2) is 9.50 Å². The van der Waals surface area contributed by atoms with Crippen LogP contribution < -0.4 is 4.74 Å². The lowest BCUT2D eigenvalue weighted by Gasteiger charge is -2.24. The van der Waals surface area contributed by atoms with Gasteiger partial charge in [-0.05, 0) is 75.1 Å². The molecule has 1 aliphatic heterocycles. The summed E-state index contributed by atoms with van der Waals surface area (Å²) in [7, 11) is 1.66. The van der Waals surface area contributed by atoms with Crippen LogP contribution in [0.15, 0.2) is 48.5 Å². The molecule has 7 nitrogen and oxygen atoms in total. The summed E-state index contributed by atoms with van der Waals surface area (Å²) in [6.45, 7) is 6.60. The summed E-state index contributed by atoms with van der Waals surface area (Å²) in [6.07, 6.45) is 1.82. The zero-order valence-corrected chi connectivity index (χ0v) is 19.4. The molecule has 1 fully saturated rings. The predicted octanol–water partition coefficient (Wildman–Crippen LogP) is 4.70. The molecule has 1 saturated heterocycles. The van der Waals surface area contributed by atoms with Crippen molar-refractivity contribution in [2.45, 2.75) is 39.7 Å². The normalized spacial score (nSPS) is 15.9. The molecule has 1 aliphatic rings. The molecule has 7 heteroatoms. The third-order valence-corrected chi connectivity index (χ3v) is 6.20. The molecule has 0 aliphatic carbocycles. The number of aryl methyl sites for hydroxylation is 3. The Morgan fingerprint density at radius 2 is 1.73 bits per heavy atom. The van der Waals surface area contributed by atoms with Gasteiger partial charge in [0.05, 0.1) is 18.8 Å². The number of fused-ring (bicyclic) bond motifs is 1. The fraction of sp³-hybridized carbons (Fsp3) is 0.308. The predicted molar refractivity (Wildman–Crippen MR) is 126 cm³/mol. The topological polar surface area (TPSA) is 72.6 Å². The molecule has 0 bridgehead atoms. The fourth-order valence-electron chi connectivity index (χ4n) is 4.67. The molecule has 1 unspecified atom stereocenters. The van der Waals surface area contributed by atoms with Gasteiger partial charge in [0, 0.05) is 29.7 Å². The standard InChI is InChI=1S/C26H27N5O2/c1-16-12-18(3)31-25(28-16)15-23(29-31)26(32)30-11-5-6-24(30)22-14-20(13-17(2)27-22)19-7-9-21(33-4)10-8-19/h7-10,12-15,24H,5-6,11H2,1-4H3. The molecule has 4 heterocycles. The highest BCUT2D eigenvalue weighted by Gasteiger charge is 2.33. The van der Waals surface area contributed by atoms with Crippen LogP contribution in [0.4, 0.5) is 0 Å². The van der Waals surface area contributed by atoms with E-state index >= 15 is 0 Å². The van der Waals surface area contributed by atoms with E-state index in [9.17, 15) is 4.79 Å². The molecule has 5 rings (SSSR count). The van der Waals surface area contributed by atoms with Crippen LogP contribution in [0.25, 0.3) is 16.8 Å². The van der Waals surface area contributed by atoms with Gasteiger partial charge in [0.25, 0.3) is 5.91 Å². The van der Waals surface area contributed by atoms with Gasteiger partial charge in [0.2, 0.25) is 0 Å². The molecule has 3 aromatic heterocycles. The first-order valence-corrected chi connectivity index (χ1v) is 11.2. The average Bonchev–Trinajstić information content (AvgIpc) is 3.46. The van der Waals surface area contributed by atoms with E-state index in [1.807, 2.05) is 56.0 Å². The Hall–Kier alpha value is -3.74. The number of rotatable bonds is 4. The van der Waals surface area contributed by atoms with Gasteiger partial charge in [-0.15, -0.1) is 0 Å². The first-order valence-electron chi connectivity index (χ1n) is 11.2. The molecule has 1 amide bonds. The second-order valence-electron chi connectivity index (χ2n) is 8.65. The minimum Gasteiger partial charge on any atom is -0.497 e. The molecule has 4 aromatic rings. The van der Waals surface area contributed by atoms with Crippen molar-refractivity contribution < 1.29 is 9.53 Å². The quantitative estimate of drug-likeness (QED) is 0.459. The Morgan fingerprint density at radius 3 is 2.48 bits per heavy atom. The number of nitrogens with zero attached hydrogens (tertiary/aromatic N) is 5. The number of hydrogen-bond acceptors (Lipinski definition) is 5. The highest BCUT2D eigenvalue weighted by Crippen LogP contribution is 2.34. The molecular formula is C26H27N5O2. The van der Waals surface area contributed by atoms with Crippen LogP contribution in [-0.4, -0.2) is 44.0 Å². The van der Waals surface area contributed by atoms with Gasteiger partial charge in [-0.1, -0.05) is 12.1 Å². The van der Waals surface area contributed by atoms with Gasteiger partial charge in [0.15, 0.2) is 11.3 Å². The summed E-state index contributed by atoms with van der Waals surface area (Å²) in [6, 6.07) is 15.8. The second kappa shape index (κ2) is 8.31. The van der Waals surface area contributed by atoms with Crippen molar-refractivity contribution in [1.29, 1.82) is 0 Å². The zero-order valence-electron chi connectivity index (χ0n) is 19.4. The number of carbonyl (C=O) groups excluding carboxylic acids is 1. The van der Waals surface area contributed by atoms with Gasteiger partial charge in [-0.2, -0.15) is 5.10 Å². The Bertz CT molecular complexity index is 1340. The smallest absolute Gasteiger partial charge is 0.275 e. The number of hydrogen-bond donors (Lipinski definition) is 0. The maximum atomic E-state index is 13.5. The Kier molecular flexibility index (Phi) is 5.32. The molecule has 0 saturated carbocycles. The van der Waals surface area contributed by atoms with E-state index < -0.39 is 0 Å². The van der Waals surface area contributed by atoms with E-state index in [0.717, 1.165) is 52.5 Å². The van der Waals surface area contributed by atoms with Crippen LogP contribution in [0.2, 0.25) is 0 Å². The first kappa shape index (κ1) is 21.1. The molecule has 0 radical (unpaired) electrons. The van der Waals surface area contributed by atoms with E-state index in [0.29, 0.717) is 17.9 Å². The third kappa shape index (κ3) is 3.95. The largest absolute Gasteiger partial charge is 0.497 e. The SMILES string of the molecule is COc1ccc(-c2cc(C)nc(C3CCCN3C(=O)c3cc4nc(C)cc(C)n4n3)c2)cc1. The Balaban J connectivity index is 1.47. The summed E-state index contributed by atoms with van der Waals surface area (Å²) in [5.41, 5.74) is 7.01. The number of aromatic nitrogens is 4. The minimum atomic E-state index is -0.0747. The lowest BCUT2D eigenvalue weighted by molar-refractivity contribution is 0.0726. The van der Waals surface area contributed by atoms with E-state index in [-0.39, 0.29) is 11.9 Å². The third-order valence-electron chi connectivity index (χ3n) is 6.20. The van der Waals surface area contributed by atoms with Crippen molar-refractivity contribution in [3.8, 4) is 16.9 Å². The highest BCUT2D eigenvalue weighted by atomic mass is 16.5. The lowest BCUT2D eigenvalue weighted by Crippen LogP contribution is -2.31. The van der Waals surface area contributed by atoms with E-state index in [4.69, 9.17) is 9.72 Å². The number of ether oxygens (including phenoxy) is 1. The van der Waals surface area contributed by atoms with Gasteiger partial charge >= 0.3 is 0 Å². The number of methoxy groups -OCH3 is 1. The van der Waals surface area contributed by atoms with Crippen LogP contribution in [0.5, 0.6) is 5.75 Å². The minimum absolute atomic E-state index is 0.0741.